The molecule has 0 spiro atoms. The van der Waals surface area contributed by atoms with Crippen LogP contribution in [-0.2, 0) is 18.3 Å². The van der Waals surface area contributed by atoms with Gasteiger partial charge in [-0.2, -0.15) is 0 Å². The largest absolute Gasteiger partial charge is 0.385 e. The van der Waals surface area contributed by atoms with E-state index < -0.39 is 25.5 Å². The molecule has 4 N–H and O–H groups in total. The fourth-order valence-electron chi connectivity index (χ4n) is 3.07. The Morgan fingerprint density at radius 3 is 2.74 bits per heavy atom. The van der Waals surface area contributed by atoms with Crippen LogP contribution in [0.4, 0.5) is 5.82 Å². The molecule has 2 aromatic rings. The lowest BCUT2D eigenvalue weighted by molar-refractivity contribution is -0.0621. The number of anilines is 1. The van der Waals surface area contributed by atoms with Crippen molar-refractivity contribution in [2.24, 2.45) is 0 Å². The Hall–Kier alpha value is -1.62. The average molecular weight is 401 g/mol. The number of hydrogen-bond donors (Lipinski definition) is 3. The summed E-state index contributed by atoms with van der Waals surface area (Å²) >= 11 is 0. The van der Waals surface area contributed by atoms with Gasteiger partial charge in [0.1, 0.15) is 23.5 Å². The summed E-state index contributed by atoms with van der Waals surface area (Å²) in [7, 11) is -3.35. The third kappa shape index (κ3) is 3.84. The SMILES string of the molecule is CCOP(=O)(CC[C@@]1(O)CO[C@@H](n2cnc3c(N)ncnc32)[C@@H]1O)OCC. The van der Waals surface area contributed by atoms with Gasteiger partial charge < -0.3 is 29.7 Å². The van der Waals surface area contributed by atoms with Crippen LogP contribution in [0, 0.1) is 0 Å². The molecule has 3 heterocycles. The number of hydrogen-bond acceptors (Lipinski definition) is 10. The van der Waals surface area contributed by atoms with Crippen molar-refractivity contribution in [3.63, 3.8) is 0 Å². The minimum absolute atomic E-state index is 0.0221. The van der Waals surface area contributed by atoms with Crippen LogP contribution in [0.5, 0.6) is 0 Å². The summed E-state index contributed by atoms with van der Waals surface area (Å²) in [6.45, 7) is 3.71. The van der Waals surface area contributed by atoms with E-state index in [4.69, 9.17) is 19.5 Å². The van der Waals surface area contributed by atoms with Crippen LogP contribution in [0.15, 0.2) is 12.7 Å². The Morgan fingerprint density at radius 1 is 1.37 bits per heavy atom. The highest BCUT2D eigenvalue weighted by Crippen LogP contribution is 2.50. The molecule has 0 aromatic carbocycles. The van der Waals surface area contributed by atoms with Gasteiger partial charge in [-0.05, 0) is 20.3 Å². The monoisotopic (exact) mass is 401 g/mol. The summed E-state index contributed by atoms with van der Waals surface area (Å²) in [5.41, 5.74) is 4.90. The lowest BCUT2D eigenvalue weighted by Crippen LogP contribution is -2.43. The predicted molar refractivity (Wildman–Crippen MR) is 96.0 cm³/mol. The number of rotatable bonds is 8. The number of aliphatic hydroxyl groups excluding tert-OH is 1. The van der Waals surface area contributed by atoms with Gasteiger partial charge in [0.15, 0.2) is 17.7 Å². The molecule has 0 unspecified atom stereocenters. The van der Waals surface area contributed by atoms with Gasteiger partial charge in [0, 0.05) is 0 Å². The Bertz CT molecular complexity index is 837. The lowest BCUT2D eigenvalue weighted by Gasteiger charge is -2.28. The zero-order valence-electron chi connectivity index (χ0n) is 15.2. The maximum atomic E-state index is 12.6. The summed E-state index contributed by atoms with van der Waals surface area (Å²) in [4.78, 5) is 12.1. The first kappa shape index (κ1) is 20.1. The zero-order chi connectivity index (χ0) is 19.7. The number of ether oxygens (including phenoxy) is 1. The normalized spacial score (nSPS) is 26.1. The molecule has 1 saturated heterocycles. The highest BCUT2D eigenvalue weighted by Gasteiger charge is 2.50. The van der Waals surface area contributed by atoms with E-state index in [0.29, 0.717) is 11.2 Å². The quantitative estimate of drug-likeness (QED) is 0.538. The van der Waals surface area contributed by atoms with Gasteiger partial charge in [0.05, 0.1) is 32.3 Å². The van der Waals surface area contributed by atoms with Crippen LogP contribution < -0.4 is 5.73 Å². The van der Waals surface area contributed by atoms with E-state index >= 15 is 0 Å². The molecule has 1 fully saturated rings. The fourth-order valence-corrected chi connectivity index (χ4v) is 4.85. The van der Waals surface area contributed by atoms with Crippen LogP contribution >= 0.6 is 7.60 Å². The molecule has 0 aliphatic carbocycles. The van der Waals surface area contributed by atoms with Gasteiger partial charge in [0.2, 0.25) is 0 Å². The van der Waals surface area contributed by atoms with E-state index in [9.17, 15) is 14.8 Å². The molecule has 27 heavy (non-hydrogen) atoms. The molecule has 12 heteroatoms. The van der Waals surface area contributed by atoms with Crippen molar-refractivity contribution in [1.29, 1.82) is 0 Å². The standard InChI is InChI=1S/C15H24N5O6P/c1-3-25-27(23,26-4-2)6-5-15(22)7-24-14(11(15)21)20-9-19-10-12(16)17-8-18-13(10)20/h8-9,11,14,21-22H,3-7H2,1-2H3,(H2,16,17,18)/t11-,14+,15+/m0/s1. The second-order valence-electron chi connectivity index (χ2n) is 6.25. The molecule has 0 amide bonds. The Labute approximate surface area is 156 Å². The van der Waals surface area contributed by atoms with Crippen molar-refractivity contribution in [3.8, 4) is 0 Å². The molecular formula is C15H24N5O6P. The smallest absolute Gasteiger partial charge is 0.330 e. The highest BCUT2D eigenvalue weighted by atomic mass is 31.2. The van der Waals surface area contributed by atoms with E-state index in [1.807, 2.05) is 0 Å². The van der Waals surface area contributed by atoms with Gasteiger partial charge in [-0.25, -0.2) is 15.0 Å². The molecule has 11 nitrogen and oxygen atoms in total. The van der Waals surface area contributed by atoms with E-state index in [1.165, 1.54) is 17.2 Å². The predicted octanol–water partition coefficient (Wildman–Crippen LogP) is 0.685. The van der Waals surface area contributed by atoms with Gasteiger partial charge in [-0.15, -0.1) is 0 Å². The van der Waals surface area contributed by atoms with Crippen LogP contribution in [0.1, 0.15) is 26.5 Å². The Kier molecular flexibility index (Phi) is 5.80. The van der Waals surface area contributed by atoms with Crippen molar-refractivity contribution < 1.29 is 28.6 Å². The maximum Gasteiger partial charge on any atom is 0.330 e. The molecule has 2 aromatic heterocycles. The van der Waals surface area contributed by atoms with E-state index in [0.717, 1.165) is 0 Å². The topological polar surface area (TPSA) is 155 Å². The number of nitrogens with zero attached hydrogens (tertiary/aromatic N) is 4. The molecular weight excluding hydrogens is 377 g/mol. The first-order chi connectivity index (χ1) is 12.8. The van der Waals surface area contributed by atoms with Gasteiger partial charge >= 0.3 is 7.60 Å². The summed E-state index contributed by atoms with van der Waals surface area (Å²) in [6, 6.07) is 0. The number of nitrogens with two attached hydrogens (primary N) is 1. The fraction of sp³-hybridized carbons (Fsp3) is 0.667. The first-order valence-corrected chi connectivity index (χ1v) is 10.4. The molecule has 150 valence electrons. The van der Waals surface area contributed by atoms with Crippen molar-refractivity contribution in [2.45, 2.75) is 38.2 Å². The number of aromatic nitrogens is 4. The number of fused-ring (bicyclic) bond motifs is 1. The van der Waals surface area contributed by atoms with Gasteiger partial charge in [0.25, 0.3) is 0 Å². The van der Waals surface area contributed by atoms with E-state index in [2.05, 4.69) is 15.0 Å². The summed E-state index contributed by atoms with van der Waals surface area (Å²) in [6.07, 6.45) is 0.407. The second kappa shape index (κ2) is 7.78. The van der Waals surface area contributed by atoms with Crippen LogP contribution in [0.25, 0.3) is 11.2 Å². The summed E-state index contributed by atoms with van der Waals surface area (Å²) in [5, 5.41) is 21.6. The molecule has 0 radical (unpaired) electrons. The van der Waals surface area contributed by atoms with E-state index in [-0.39, 0.29) is 38.2 Å². The number of nitrogen functional groups attached to an aromatic ring is 1. The maximum absolute atomic E-state index is 12.6. The van der Waals surface area contributed by atoms with Gasteiger partial charge in [-0.3, -0.25) is 9.13 Å². The van der Waals surface area contributed by atoms with E-state index in [1.54, 1.807) is 13.8 Å². The Morgan fingerprint density at radius 2 is 2.07 bits per heavy atom. The first-order valence-electron chi connectivity index (χ1n) is 8.66. The van der Waals surface area contributed by atoms with Crippen molar-refractivity contribution >= 4 is 24.6 Å². The highest BCUT2D eigenvalue weighted by molar-refractivity contribution is 7.53. The van der Waals surface area contributed by atoms with Crippen LogP contribution in [0.2, 0.25) is 0 Å². The molecule has 1 aliphatic rings. The number of aliphatic hydroxyl groups is 2. The van der Waals surface area contributed by atoms with Crippen molar-refractivity contribution in [2.75, 3.05) is 31.7 Å². The third-order valence-corrected chi connectivity index (χ3v) is 6.53. The molecule has 0 bridgehead atoms. The molecule has 0 saturated carbocycles. The molecule has 1 aliphatic heterocycles. The second-order valence-corrected chi connectivity index (χ2v) is 8.44. The van der Waals surface area contributed by atoms with Crippen LogP contribution in [0.3, 0.4) is 0 Å². The lowest BCUT2D eigenvalue weighted by atomic mass is 9.96. The zero-order valence-corrected chi connectivity index (χ0v) is 16.1. The third-order valence-electron chi connectivity index (χ3n) is 4.46. The number of imidazole rings is 1. The van der Waals surface area contributed by atoms with Gasteiger partial charge in [-0.1, -0.05) is 0 Å². The van der Waals surface area contributed by atoms with Crippen molar-refractivity contribution in [3.05, 3.63) is 12.7 Å². The average Bonchev–Trinajstić information content (AvgIpc) is 3.17. The summed E-state index contributed by atoms with van der Waals surface area (Å²) < 4.78 is 30.2. The summed E-state index contributed by atoms with van der Waals surface area (Å²) in [5.74, 6) is 0.205. The Balaban J connectivity index is 1.77. The molecule has 3 rings (SSSR count). The minimum atomic E-state index is -3.35. The van der Waals surface area contributed by atoms with Crippen LogP contribution in [-0.4, -0.2) is 67.4 Å². The van der Waals surface area contributed by atoms with Crippen molar-refractivity contribution in [1.82, 2.24) is 19.5 Å². The molecule has 3 atom stereocenters. The minimum Gasteiger partial charge on any atom is -0.385 e.